The fraction of sp³-hybridized carbons (Fsp3) is 0.357. The standard InChI is InChI=1S/C14H19ClN4/c1-8(2)13-12(16)14(19(4)18-13)17-11-7-5-6-10(15)9(11)3/h5-8,17H,16H2,1-4H3. The van der Waals surface area contributed by atoms with E-state index < -0.39 is 0 Å². The number of anilines is 3. The zero-order chi connectivity index (χ0) is 14.2. The molecule has 0 unspecified atom stereocenters. The quantitative estimate of drug-likeness (QED) is 0.897. The first-order chi connectivity index (χ1) is 8.91. The number of nitrogen functional groups attached to an aromatic ring is 1. The van der Waals surface area contributed by atoms with E-state index in [1.54, 1.807) is 4.68 Å². The van der Waals surface area contributed by atoms with Crippen LogP contribution in [-0.2, 0) is 7.05 Å². The van der Waals surface area contributed by atoms with Crippen molar-refractivity contribution in [3.8, 4) is 0 Å². The van der Waals surface area contributed by atoms with E-state index in [1.807, 2.05) is 32.2 Å². The van der Waals surface area contributed by atoms with E-state index in [9.17, 15) is 0 Å². The largest absolute Gasteiger partial charge is 0.394 e. The van der Waals surface area contributed by atoms with E-state index in [2.05, 4.69) is 24.3 Å². The van der Waals surface area contributed by atoms with Gasteiger partial charge in [0.15, 0.2) is 5.82 Å². The lowest BCUT2D eigenvalue weighted by Crippen LogP contribution is -2.02. The summed E-state index contributed by atoms with van der Waals surface area (Å²) in [5.74, 6) is 1.09. The molecule has 0 bridgehead atoms. The molecule has 1 aromatic heterocycles. The highest BCUT2D eigenvalue weighted by Gasteiger charge is 2.16. The minimum Gasteiger partial charge on any atom is -0.394 e. The maximum Gasteiger partial charge on any atom is 0.152 e. The molecular weight excluding hydrogens is 260 g/mol. The van der Waals surface area contributed by atoms with E-state index in [-0.39, 0.29) is 0 Å². The molecule has 0 saturated heterocycles. The lowest BCUT2D eigenvalue weighted by Gasteiger charge is -2.11. The average molecular weight is 279 g/mol. The number of hydrogen-bond acceptors (Lipinski definition) is 3. The van der Waals surface area contributed by atoms with Gasteiger partial charge in [0.05, 0.1) is 11.4 Å². The van der Waals surface area contributed by atoms with E-state index in [0.717, 1.165) is 27.8 Å². The number of rotatable bonds is 3. The summed E-state index contributed by atoms with van der Waals surface area (Å²) < 4.78 is 1.77. The predicted octanol–water partition coefficient (Wildman–Crippen LogP) is 3.83. The number of nitrogens with two attached hydrogens (primary N) is 1. The third-order valence-corrected chi connectivity index (χ3v) is 3.59. The minimum atomic E-state index is 0.294. The zero-order valence-corrected chi connectivity index (χ0v) is 12.4. The Hall–Kier alpha value is -1.68. The molecule has 0 saturated carbocycles. The van der Waals surface area contributed by atoms with Gasteiger partial charge in [-0.15, -0.1) is 0 Å². The van der Waals surface area contributed by atoms with Crippen LogP contribution in [0.25, 0.3) is 0 Å². The van der Waals surface area contributed by atoms with Crippen LogP contribution in [0.2, 0.25) is 5.02 Å². The van der Waals surface area contributed by atoms with Gasteiger partial charge in [0.25, 0.3) is 0 Å². The van der Waals surface area contributed by atoms with Crippen LogP contribution >= 0.6 is 11.6 Å². The van der Waals surface area contributed by atoms with Gasteiger partial charge in [-0.05, 0) is 30.5 Å². The van der Waals surface area contributed by atoms with Gasteiger partial charge < -0.3 is 11.1 Å². The molecular formula is C14H19ClN4. The molecule has 0 spiro atoms. The van der Waals surface area contributed by atoms with Gasteiger partial charge in [0, 0.05) is 17.8 Å². The third kappa shape index (κ3) is 2.54. The van der Waals surface area contributed by atoms with Gasteiger partial charge in [-0.25, -0.2) is 0 Å². The fourth-order valence-electron chi connectivity index (χ4n) is 2.01. The van der Waals surface area contributed by atoms with Crippen LogP contribution < -0.4 is 11.1 Å². The normalized spacial score (nSPS) is 11.1. The maximum atomic E-state index is 6.16. The summed E-state index contributed by atoms with van der Waals surface area (Å²) in [7, 11) is 1.88. The molecule has 1 aromatic carbocycles. The fourth-order valence-corrected chi connectivity index (χ4v) is 2.18. The van der Waals surface area contributed by atoms with Crippen molar-refractivity contribution >= 4 is 28.8 Å². The van der Waals surface area contributed by atoms with Crippen molar-refractivity contribution in [3.63, 3.8) is 0 Å². The van der Waals surface area contributed by atoms with Crippen LogP contribution in [0.5, 0.6) is 0 Å². The van der Waals surface area contributed by atoms with Crippen LogP contribution in [0.1, 0.15) is 31.0 Å². The van der Waals surface area contributed by atoms with Crippen molar-refractivity contribution < 1.29 is 0 Å². The number of nitrogens with one attached hydrogen (secondary N) is 1. The molecule has 0 aliphatic heterocycles. The van der Waals surface area contributed by atoms with Crippen LogP contribution in [0.3, 0.4) is 0 Å². The van der Waals surface area contributed by atoms with Crippen LogP contribution in [0.15, 0.2) is 18.2 Å². The highest BCUT2D eigenvalue weighted by Crippen LogP contribution is 2.32. The van der Waals surface area contributed by atoms with Crippen LogP contribution in [0, 0.1) is 6.92 Å². The number of aromatic nitrogens is 2. The van der Waals surface area contributed by atoms with Gasteiger partial charge in [-0.1, -0.05) is 31.5 Å². The molecule has 0 aliphatic carbocycles. The monoisotopic (exact) mass is 278 g/mol. The summed E-state index contributed by atoms with van der Waals surface area (Å²) in [4.78, 5) is 0. The highest BCUT2D eigenvalue weighted by atomic mass is 35.5. The highest BCUT2D eigenvalue weighted by molar-refractivity contribution is 6.31. The molecule has 2 aromatic rings. The number of benzene rings is 1. The third-order valence-electron chi connectivity index (χ3n) is 3.18. The second-order valence-electron chi connectivity index (χ2n) is 4.96. The summed E-state index contributed by atoms with van der Waals surface area (Å²) in [5, 5.41) is 8.50. The van der Waals surface area contributed by atoms with Crippen molar-refractivity contribution in [1.82, 2.24) is 9.78 Å². The van der Waals surface area contributed by atoms with E-state index in [1.165, 1.54) is 0 Å². The Morgan fingerprint density at radius 1 is 1.37 bits per heavy atom. The van der Waals surface area contributed by atoms with E-state index in [4.69, 9.17) is 17.3 Å². The summed E-state index contributed by atoms with van der Waals surface area (Å²) in [6.07, 6.45) is 0. The van der Waals surface area contributed by atoms with Crippen molar-refractivity contribution in [3.05, 3.63) is 34.5 Å². The first kappa shape index (κ1) is 13.7. The van der Waals surface area contributed by atoms with Gasteiger partial charge >= 0.3 is 0 Å². The van der Waals surface area contributed by atoms with Gasteiger partial charge in [0.1, 0.15) is 0 Å². The Morgan fingerprint density at radius 2 is 2.05 bits per heavy atom. The topological polar surface area (TPSA) is 55.9 Å². The Morgan fingerprint density at radius 3 is 2.63 bits per heavy atom. The molecule has 0 radical (unpaired) electrons. The molecule has 0 amide bonds. The smallest absolute Gasteiger partial charge is 0.152 e. The summed E-state index contributed by atoms with van der Waals surface area (Å²) in [6.45, 7) is 6.13. The van der Waals surface area contributed by atoms with Gasteiger partial charge in [0.2, 0.25) is 0 Å². The first-order valence-electron chi connectivity index (χ1n) is 6.26. The zero-order valence-electron chi connectivity index (χ0n) is 11.7. The summed E-state index contributed by atoms with van der Waals surface area (Å²) in [6, 6.07) is 5.75. The van der Waals surface area contributed by atoms with E-state index in [0.29, 0.717) is 11.6 Å². The Bertz CT molecular complexity index is 602. The average Bonchev–Trinajstić information content (AvgIpc) is 2.63. The van der Waals surface area contributed by atoms with Crippen LogP contribution in [-0.4, -0.2) is 9.78 Å². The lowest BCUT2D eigenvalue weighted by molar-refractivity contribution is 0.718. The van der Waals surface area contributed by atoms with Gasteiger partial charge in [-0.2, -0.15) is 5.10 Å². The molecule has 0 fully saturated rings. The Kier molecular flexibility index (Phi) is 3.71. The van der Waals surface area contributed by atoms with Crippen molar-refractivity contribution in [1.29, 1.82) is 0 Å². The molecule has 3 N–H and O–H groups in total. The molecule has 2 rings (SSSR count). The molecule has 102 valence electrons. The number of nitrogens with zero attached hydrogens (tertiary/aromatic N) is 2. The molecule has 4 nitrogen and oxygen atoms in total. The first-order valence-corrected chi connectivity index (χ1v) is 6.64. The Balaban J connectivity index is 2.41. The van der Waals surface area contributed by atoms with Crippen LogP contribution in [0.4, 0.5) is 17.2 Å². The molecule has 0 atom stereocenters. The molecule has 19 heavy (non-hydrogen) atoms. The van der Waals surface area contributed by atoms with Crippen molar-refractivity contribution in [2.75, 3.05) is 11.1 Å². The Labute approximate surface area is 118 Å². The predicted molar refractivity (Wildman–Crippen MR) is 81.2 cm³/mol. The molecule has 1 heterocycles. The van der Waals surface area contributed by atoms with Crippen molar-refractivity contribution in [2.45, 2.75) is 26.7 Å². The van der Waals surface area contributed by atoms with Crippen molar-refractivity contribution in [2.24, 2.45) is 7.05 Å². The number of hydrogen-bond donors (Lipinski definition) is 2. The van der Waals surface area contributed by atoms with E-state index >= 15 is 0 Å². The number of halogens is 1. The number of aryl methyl sites for hydroxylation is 1. The van der Waals surface area contributed by atoms with Gasteiger partial charge in [-0.3, -0.25) is 4.68 Å². The minimum absolute atomic E-state index is 0.294. The summed E-state index contributed by atoms with van der Waals surface area (Å²) >= 11 is 6.12. The lowest BCUT2D eigenvalue weighted by atomic mass is 10.1. The second kappa shape index (κ2) is 5.13. The molecule has 5 heteroatoms. The molecule has 0 aliphatic rings. The second-order valence-corrected chi connectivity index (χ2v) is 5.37. The SMILES string of the molecule is Cc1c(Cl)cccc1Nc1c(N)c(C(C)C)nn1C. The maximum absolute atomic E-state index is 6.16. The summed E-state index contributed by atoms with van der Waals surface area (Å²) in [5.41, 5.74) is 9.70.